The second-order valence-electron chi connectivity index (χ2n) is 8.36. The van der Waals surface area contributed by atoms with E-state index >= 15 is 0 Å². The second-order valence-corrected chi connectivity index (χ2v) is 9.21. The summed E-state index contributed by atoms with van der Waals surface area (Å²) in [6.45, 7) is 0.659. The van der Waals surface area contributed by atoms with Crippen molar-refractivity contribution in [1.82, 2.24) is 15.1 Å². The molecule has 1 aliphatic heterocycles. The number of hydrogen-bond donors (Lipinski definition) is 1. The third kappa shape index (κ3) is 4.67. The molecule has 0 aliphatic carbocycles. The minimum absolute atomic E-state index is 0.225. The molecule has 1 aromatic heterocycles. The van der Waals surface area contributed by atoms with Crippen LogP contribution < -0.4 is 10.1 Å². The highest BCUT2D eigenvalue weighted by atomic mass is 35.5. The zero-order chi connectivity index (χ0) is 23.7. The van der Waals surface area contributed by atoms with Crippen LogP contribution in [0.1, 0.15) is 44.3 Å². The molecule has 0 fully saturated rings. The number of carbonyl (C=O) groups is 1. The summed E-state index contributed by atoms with van der Waals surface area (Å²) in [6.07, 6.45) is 3.14. The number of halogens is 2. The number of benzene rings is 3. The van der Waals surface area contributed by atoms with Gasteiger partial charge in [-0.1, -0.05) is 59.6 Å². The Morgan fingerprint density at radius 1 is 1.12 bits per heavy atom. The molecule has 4 aromatic rings. The number of rotatable bonds is 6. The van der Waals surface area contributed by atoms with E-state index in [1.807, 2.05) is 49.5 Å². The fourth-order valence-electron chi connectivity index (χ4n) is 4.32. The predicted molar refractivity (Wildman–Crippen MR) is 134 cm³/mol. The van der Waals surface area contributed by atoms with E-state index in [0.717, 1.165) is 34.4 Å². The van der Waals surface area contributed by atoms with Gasteiger partial charge in [0.2, 0.25) is 0 Å². The van der Waals surface area contributed by atoms with E-state index in [4.69, 9.17) is 27.9 Å². The van der Waals surface area contributed by atoms with Crippen LogP contribution in [0.4, 0.5) is 0 Å². The Bertz CT molecular complexity index is 1350. The third-order valence-corrected chi connectivity index (χ3v) is 6.53. The summed E-state index contributed by atoms with van der Waals surface area (Å²) < 4.78 is 7.33. The Balaban J connectivity index is 1.51. The monoisotopic (exact) mass is 491 g/mol. The lowest BCUT2D eigenvalue weighted by Crippen LogP contribution is -2.30. The van der Waals surface area contributed by atoms with Gasteiger partial charge in [-0.05, 0) is 52.6 Å². The number of ether oxygens (including phenoxy) is 1. The Hall–Kier alpha value is -3.28. The Labute approximate surface area is 208 Å². The Kier molecular flexibility index (Phi) is 6.31. The van der Waals surface area contributed by atoms with Crippen LogP contribution in [0.3, 0.4) is 0 Å². The Morgan fingerprint density at radius 2 is 1.94 bits per heavy atom. The smallest absolute Gasteiger partial charge is 0.255 e. The molecule has 0 bridgehead atoms. The molecule has 0 spiro atoms. The van der Waals surface area contributed by atoms with Gasteiger partial charge in [0, 0.05) is 36.1 Å². The van der Waals surface area contributed by atoms with Crippen molar-refractivity contribution in [3.8, 4) is 5.75 Å². The van der Waals surface area contributed by atoms with Crippen LogP contribution in [-0.2, 0) is 19.9 Å². The molecule has 1 unspecified atom stereocenters. The summed E-state index contributed by atoms with van der Waals surface area (Å²) >= 11 is 12.9. The highest BCUT2D eigenvalue weighted by molar-refractivity contribution is 6.33. The lowest BCUT2D eigenvalue weighted by atomic mass is 9.95. The second kappa shape index (κ2) is 9.53. The predicted octanol–water partition coefficient (Wildman–Crippen LogP) is 5.77. The average molecular weight is 492 g/mol. The molecule has 0 saturated carbocycles. The number of nitrogens with one attached hydrogen (secondary N) is 1. The topological polar surface area (TPSA) is 56.2 Å². The van der Waals surface area contributed by atoms with Crippen LogP contribution in [0.25, 0.3) is 0 Å². The maximum Gasteiger partial charge on any atom is 0.255 e. The molecule has 1 aliphatic rings. The highest BCUT2D eigenvalue weighted by Gasteiger charge is 2.25. The fourth-order valence-corrected chi connectivity index (χ4v) is 4.72. The van der Waals surface area contributed by atoms with E-state index < -0.39 is 6.04 Å². The molecule has 2 heterocycles. The van der Waals surface area contributed by atoms with E-state index in [1.165, 1.54) is 0 Å². The molecular weight excluding hydrogens is 469 g/mol. The Morgan fingerprint density at radius 3 is 2.76 bits per heavy atom. The van der Waals surface area contributed by atoms with Gasteiger partial charge in [0.1, 0.15) is 5.75 Å². The van der Waals surface area contributed by atoms with Crippen molar-refractivity contribution in [2.24, 2.45) is 7.05 Å². The molecule has 172 valence electrons. The first kappa shape index (κ1) is 22.5. The molecule has 1 N–H and O–H groups in total. The van der Waals surface area contributed by atoms with Gasteiger partial charge in [-0.25, -0.2) is 0 Å². The van der Waals surface area contributed by atoms with Crippen LogP contribution in [0, 0.1) is 0 Å². The van der Waals surface area contributed by atoms with Crippen molar-refractivity contribution in [2.45, 2.75) is 18.9 Å². The number of nitrogens with zero attached hydrogens (tertiary/aromatic N) is 2. The van der Waals surface area contributed by atoms with Gasteiger partial charge in [0.15, 0.2) is 0 Å². The molecule has 0 radical (unpaired) electrons. The van der Waals surface area contributed by atoms with Gasteiger partial charge in [0.25, 0.3) is 5.91 Å². The van der Waals surface area contributed by atoms with Crippen molar-refractivity contribution in [1.29, 1.82) is 0 Å². The summed E-state index contributed by atoms with van der Waals surface area (Å²) in [7, 11) is 1.82. The van der Waals surface area contributed by atoms with E-state index in [-0.39, 0.29) is 5.91 Å². The lowest BCUT2D eigenvalue weighted by molar-refractivity contribution is 0.0942. The van der Waals surface area contributed by atoms with Crippen molar-refractivity contribution in [3.05, 3.63) is 116 Å². The number of aryl methyl sites for hydroxylation is 1. The summed E-state index contributed by atoms with van der Waals surface area (Å²) in [4.78, 5) is 13.6. The summed E-state index contributed by atoms with van der Waals surface area (Å²) in [5.74, 6) is 0.653. The molecule has 1 amide bonds. The summed E-state index contributed by atoms with van der Waals surface area (Å²) in [6, 6.07) is 20.7. The first-order valence-electron chi connectivity index (χ1n) is 11.1. The fraction of sp³-hybridized carbons (Fsp3) is 0.185. The standard InChI is InChI=1S/C27H23Cl2N3O2/c1-32-16-22(24(31-32)13-17-5-3-2-4-6-17)27(33)30-26(21-15-20(28)8-9-23(21)29)19-7-10-25-18(14-19)11-12-34-25/h2-10,14-16,26H,11-13H2,1H3,(H,30,33). The normalized spacial score (nSPS) is 13.3. The first-order valence-corrected chi connectivity index (χ1v) is 11.8. The van der Waals surface area contributed by atoms with Gasteiger partial charge >= 0.3 is 0 Å². The number of amides is 1. The lowest BCUT2D eigenvalue weighted by Gasteiger charge is -2.22. The quantitative estimate of drug-likeness (QED) is 0.372. The van der Waals surface area contributed by atoms with E-state index in [2.05, 4.69) is 16.5 Å². The minimum atomic E-state index is -0.491. The molecule has 34 heavy (non-hydrogen) atoms. The highest BCUT2D eigenvalue weighted by Crippen LogP contribution is 2.34. The molecule has 1 atom stereocenters. The number of carbonyl (C=O) groups excluding carboxylic acids is 1. The number of hydrogen-bond acceptors (Lipinski definition) is 3. The largest absolute Gasteiger partial charge is 0.493 e. The first-order chi connectivity index (χ1) is 16.5. The van der Waals surface area contributed by atoms with Crippen LogP contribution >= 0.6 is 23.2 Å². The molecule has 7 heteroatoms. The van der Waals surface area contributed by atoms with Gasteiger partial charge in [-0.3, -0.25) is 9.48 Å². The van der Waals surface area contributed by atoms with E-state index in [1.54, 1.807) is 29.1 Å². The third-order valence-electron chi connectivity index (χ3n) is 5.96. The van der Waals surface area contributed by atoms with Crippen molar-refractivity contribution in [2.75, 3.05) is 6.61 Å². The van der Waals surface area contributed by atoms with Crippen molar-refractivity contribution < 1.29 is 9.53 Å². The van der Waals surface area contributed by atoms with Crippen molar-refractivity contribution in [3.63, 3.8) is 0 Å². The maximum atomic E-state index is 13.6. The van der Waals surface area contributed by atoms with Crippen molar-refractivity contribution >= 4 is 29.1 Å². The maximum absolute atomic E-state index is 13.6. The van der Waals surface area contributed by atoms with Crippen LogP contribution in [0.2, 0.25) is 10.0 Å². The molecule has 5 nitrogen and oxygen atoms in total. The van der Waals surface area contributed by atoms with Crippen LogP contribution in [-0.4, -0.2) is 22.3 Å². The zero-order valence-corrected chi connectivity index (χ0v) is 20.1. The summed E-state index contributed by atoms with van der Waals surface area (Å²) in [5.41, 5.74) is 5.08. The molecule has 3 aromatic carbocycles. The van der Waals surface area contributed by atoms with Gasteiger partial charge in [-0.15, -0.1) is 0 Å². The SMILES string of the molecule is Cn1cc(C(=O)NC(c2ccc3c(c2)CCO3)c2cc(Cl)ccc2Cl)c(Cc2ccccc2)n1. The zero-order valence-electron chi connectivity index (χ0n) is 18.6. The van der Waals surface area contributed by atoms with E-state index in [0.29, 0.717) is 34.3 Å². The summed E-state index contributed by atoms with van der Waals surface area (Å²) in [5, 5.41) is 8.82. The van der Waals surface area contributed by atoms with Crippen LogP contribution in [0.5, 0.6) is 5.75 Å². The molecule has 5 rings (SSSR count). The number of fused-ring (bicyclic) bond motifs is 1. The van der Waals surface area contributed by atoms with Gasteiger partial charge < -0.3 is 10.1 Å². The van der Waals surface area contributed by atoms with Gasteiger partial charge in [0.05, 0.1) is 23.9 Å². The van der Waals surface area contributed by atoms with E-state index in [9.17, 15) is 4.79 Å². The molecular formula is C27H23Cl2N3O2. The van der Waals surface area contributed by atoms with Crippen LogP contribution in [0.15, 0.2) is 72.9 Å². The average Bonchev–Trinajstić information content (AvgIpc) is 3.45. The number of aromatic nitrogens is 2. The minimum Gasteiger partial charge on any atom is -0.493 e. The molecule has 0 saturated heterocycles. The van der Waals surface area contributed by atoms with Gasteiger partial charge in [-0.2, -0.15) is 5.10 Å².